The number of carboxylic acids is 1. The van der Waals surface area contributed by atoms with Crippen molar-refractivity contribution in [2.45, 2.75) is 6.92 Å². The lowest BCUT2D eigenvalue weighted by molar-refractivity contribution is -0.137. The number of esters is 1. The largest absolute Gasteiger partial charge is 0.478 e. The monoisotopic (exact) mass is 235 g/mol. The van der Waals surface area contributed by atoms with Gasteiger partial charge in [-0.15, -0.1) is 0 Å². The highest BCUT2D eigenvalue weighted by atomic mass is 16.5. The second-order valence-electron chi connectivity index (χ2n) is 3.23. The lowest BCUT2D eigenvalue weighted by atomic mass is 10.1. The first-order valence-corrected chi connectivity index (χ1v) is 5.02. The van der Waals surface area contributed by atoms with Gasteiger partial charge in [-0.3, -0.25) is 0 Å². The normalized spacial score (nSPS) is 10.4. The molecule has 0 aliphatic carbocycles. The summed E-state index contributed by atoms with van der Waals surface area (Å²) >= 11 is 0. The minimum atomic E-state index is -1.04. The molecule has 0 saturated heterocycles. The molecule has 0 atom stereocenters. The van der Waals surface area contributed by atoms with Crippen LogP contribution in [0.1, 0.15) is 22.8 Å². The van der Waals surface area contributed by atoms with Crippen molar-refractivity contribution in [2.75, 3.05) is 12.3 Å². The number of anilines is 1. The maximum absolute atomic E-state index is 11.1. The molecule has 5 nitrogen and oxygen atoms in total. The van der Waals surface area contributed by atoms with Gasteiger partial charge in [-0.25, -0.2) is 9.59 Å². The zero-order valence-corrected chi connectivity index (χ0v) is 9.34. The second kappa shape index (κ2) is 5.69. The number of ether oxygens (including phenoxy) is 1. The predicted molar refractivity (Wildman–Crippen MR) is 63.5 cm³/mol. The van der Waals surface area contributed by atoms with Crippen molar-refractivity contribution in [3.63, 3.8) is 0 Å². The average Bonchev–Trinajstić information content (AvgIpc) is 2.27. The van der Waals surface area contributed by atoms with Crippen LogP contribution in [0, 0.1) is 0 Å². The molecule has 0 bridgehead atoms. The van der Waals surface area contributed by atoms with Crippen LogP contribution < -0.4 is 5.73 Å². The maximum atomic E-state index is 11.1. The number of hydrogen-bond acceptors (Lipinski definition) is 4. The summed E-state index contributed by atoms with van der Waals surface area (Å²) in [5, 5.41) is 8.74. The Labute approximate surface area is 98.5 Å². The Morgan fingerprint density at radius 1 is 1.47 bits per heavy atom. The highest BCUT2D eigenvalue weighted by molar-refractivity contribution is 5.91. The highest BCUT2D eigenvalue weighted by Crippen LogP contribution is 2.16. The molecule has 3 N–H and O–H groups in total. The van der Waals surface area contributed by atoms with E-state index in [2.05, 4.69) is 0 Å². The molecule has 0 aromatic heterocycles. The summed E-state index contributed by atoms with van der Waals surface area (Å²) in [6, 6.07) is 4.30. The Bertz CT molecular complexity index is 466. The van der Waals surface area contributed by atoms with E-state index in [1.807, 2.05) is 0 Å². The Balaban J connectivity index is 2.86. The van der Waals surface area contributed by atoms with E-state index < -0.39 is 11.9 Å². The molecular formula is C12H13NO4. The van der Waals surface area contributed by atoms with Crippen molar-refractivity contribution in [2.24, 2.45) is 0 Å². The molecule has 0 fully saturated rings. The summed E-state index contributed by atoms with van der Waals surface area (Å²) in [5.74, 6) is -1.51. The van der Waals surface area contributed by atoms with Gasteiger partial charge in [-0.05, 0) is 30.7 Å². The SMILES string of the molecule is CCOC(=O)C=Cc1ccc(C(=O)O)cc1N. The molecule has 0 unspecified atom stereocenters. The molecule has 1 aromatic rings. The van der Waals surface area contributed by atoms with Crippen LogP contribution in [0.25, 0.3) is 6.08 Å². The fourth-order valence-electron chi connectivity index (χ4n) is 1.21. The van der Waals surface area contributed by atoms with Gasteiger partial charge >= 0.3 is 11.9 Å². The van der Waals surface area contributed by atoms with Crippen LogP contribution >= 0.6 is 0 Å². The van der Waals surface area contributed by atoms with Crippen molar-refractivity contribution in [1.82, 2.24) is 0 Å². The first kappa shape index (κ1) is 12.8. The van der Waals surface area contributed by atoms with Crippen molar-refractivity contribution in [3.8, 4) is 0 Å². The number of carbonyl (C=O) groups excluding carboxylic acids is 1. The van der Waals surface area contributed by atoms with Crippen LogP contribution in [0.4, 0.5) is 5.69 Å². The van der Waals surface area contributed by atoms with Crippen LogP contribution in [-0.2, 0) is 9.53 Å². The van der Waals surface area contributed by atoms with Gasteiger partial charge in [0.2, 0.25) is 0 Å². The quantitative estimate of drug-likeness (QED) is 0.469. The van der Waals surface area contributed by atoms with Gasteiger partial charge in [-0.1, -0.05) is 6.07 Å². The van der Waals surface area contributed by atoms with E-state index in [-0.39, 0.29) is 5.56 Å². The smallest absolute Gasteiger partial charge is 0.335 e. The predicted octanol–water partition coefficient (Wildman–Crippen LogP) is 1.54. The van der Waals surface area contributed by atoms with Crippen LogP contribution in [0.3, 0.4) is 0 Å². The van der Waals surface area contributed by atoms with Crippen molar-refractivity contribution >= 4 is 23.7 Å². The first-order valence-electron chi connectivity index (χ1n) is 5.02. The standard InChI is InChI=1S/C12H13NO4/c1-2-17-11(14)6-5-8-3-4-9(12(15)16)7-10(8)13/h3-7H,2,13H2,1H3,(H,15,16). The van der Waals surface area contributed by atoms with E-state index >= 15 is 0 Å². The number of aromatic carboxylic acids is 1. The Hall–Kier alpha value is -2.30. The van der Waals surface area contributed by atoms with Crippen molar-refractivity contribution < 1.29 is 19.4 Å². The second-order valence-corrected chi connectivity index (χ2v) is 3.23. The molecule has 0 spiro atoms. The van der Waals surface area contributed by atoms with E-state index in [9.17, 15) is 9.59 Å². The summed E-state index contributed by atoms with van der Waals surface area (Å²) in [6.07, 6.45) is 2.73. The van der Waals surface area contributed by atoms with E-state index in [1.165, 1.54) is 30.4 Å². The summed E-state index contributed by atoms with van der Waals surface area (Å²) in [7, 11) is 0. The molecule has 0 aliphatic heterocycles. The summed E-state index contributed by atoms with van der Waals surface area (Å²) in [4.78, 5) is 21.7. The topological polar surface area (TPSA) is 89.6 Å². The molecule has 17 heavy (non-hydrogen) atoms. The fraction of sp³-hybridized carbons (Fsp3) is 0.167. The van der Waals surface area contributed by atoms with Crippen LogP contribution in [0.5, 0.6) is 0 Å². The zero-order chi connectivity index (χ0) is 12.8. The molecule has 0 heterocycles. The summed E-state index contributed by atoms with van der Waals surface area (Å²) in [5.41, 5.74) is 6.63. The maximum Gasteiger partial charge on any atom is 0.335 e. The van der Waals surface area contributed by atoms with Crippen molar-refractivity contribution in [3.05, 3.63) is 35.4 Å². The van der Waals surface area contributed by atoms with Gasteiger partial charge in [0.25, 0.3) is 0 Å². The van der Waals surface area contributed by atoms with Crippen molar-refractivity contribution in [1.29, 1.82) is 0 Å². The molecule has 90 valence electrons. The number of nitrogen functional groups attached to an aromatic ring is 1. The van der Waals surface area contributed by atoms with E-state index in [4.69, 9.17) is 15.6 Å². The Morgan fingerprint density at radius 2 is 2.18 bits per heavy atom. The van der Waals surface area contributed by atoms with Gasteiger partial charge in [-0.2, -0.15) is 0 Å². The van der Waals surface area contributed by atoms with Crippen LogP contribution in [0.15, 0.2) is 24.3 Å². The van der Waals surface area contributed by atoms with Gasteiger partial charge in [0.15, 0.2) is 0 Å². The van der Waals surface area contributed by atoms with Gasteiger partial charge in [0, 0.05) is 11.8 Å². The molecule has 0 aliphatic rings. The number of carboxylic acid groups (broad SMARTS) is 1. The lowest BCUT2D eigenvalue weighted by Crippen LogP contribution is -2.00. The highest BCUT2D eigenvalue weighted by Gasteiger charge is 2.04. The number of hydrogen-bond donors (Lipinski definition) is 2. The van der Waals surface area contributed by atoms with E-state index in [0.29, 0.717) is 17.9 Å². The lowest BCUT2D eigenvalue weighted by Gasteiger charge is -2.02. The van der Waals surface area contributed by atoms with E-state index in [0.717, 1.165) is 0 Å². The molecule has 0 radical (unpaired) electrons. The summed E-state index contributed by atoms with van der Waals surface area (Å²) < 4.78 is 4.70. The number of nitrogens with two attached hydrogens (primary N) is 1. The van der Waals surface area contributed by atoms with Crippen LogP contribution in [-0.4, -0.2) is 23.7 Å². The number of carbonyl (C=O) groups is 2. The minimum Gasteiger partial charge on any atom is -0.478 e. The van der Waals surface area contributed by atoms with Gasteiger partial charge in [0.1, 0.15) is 0 Å². The third kappa shape index (κ3) is 3.64. The molecule has 0 amide bonds. The Morgan fingerprint density at radius 3 is 2.71 bits per heavy atom. The summed E-state index contributed by atoms with van der Waals surface area (Å²) in [6.45, 7) is 2.01. The van der Waals surface area contributed by atoms with E-state index in [1.54, 1.807) is 6.92 Å². The van der Waals surface area contributed by atoms with Crippen LogP contribution in [0.2, 0.25) is 0 Å². The zero-order valence-electron chi connectivity index (χ0n) is 9.34. The molecular weight excluding hydrogens is 222 g/mol. The number of benzene rings is 1. The third-order valence-electron chi connectivity index (χ3n) is 2.02. The first-order chi connectivity index (χ1) is 8.04. The molecule has 5 heteroatoms. The van der Waals surface area contributed by atoms with Gasteiger partial charge < -0.3 is 15.6 Å². The fourth-order valence-corrected chi connectivity index (χ4v) is 1.21. The average molecular weight is 235 g/mol. The molecule has 1 aromatic carbocycles. The third-order valence-corrected chi connectivity index (χ3v) is 2.02. The minimum absolute atomic E-state index is 0.107. The molecule has 1 rings (SSSR count). The molecule has 0 saturated carbocycles. The Kier molecular flexibility index (Phi) is 4.28. The van der Waals surface area contributed by atoms with Gasteiger partial charge in [0.05, 0.1) is 12.2 Å². The number of rotatable bonds is 4.